The second-order valence-electron chi connectivity index (χ2n) is 7.07. The number of benzene rings is 2. The van der Waals surface area contributed by atoms with E-state index >= 15 is 0 Å². The fraction of sp³-hybridized carbons (Fsp3) is 0.273. The van der Waals surface area contributed by atoms with E-state index in [1.807, 2.05) is 24.3 Å². The SMILES string of the molecule is O=c1[nH]c2ccccc2c(=O)n1CCCN1CC=C(c2ccc(Cl)cc2)CC1. The Hall–Kier alpha value is -2.63. The van der Waals surface area contributed by atoms with Crippen LogP contribution in [0.4, 0.5) is 0 Å². The highest BCUT2D eigenvalue weighted by Crippen LogP contribution is 2.23. The van der Waals surface area contributed by atoms with Gasteiger partial charge >= 0.3 is 5.69 Å². The Morgan fingerprint density at radius 3 is 2.54 bits per heavy atom. The summed E-state index contributed by atoms with van der Waals surface area (Å²) in [6.07, 6.45) is 3.99. The monoisotopic (exact) mass is 395 g/mol. The highest BCUT2D eigenvalue weighted by atomic mass is 35.5. The van der Waals surface area contributed by atoms with Gasteiger partial charge in [0.2, 0.25) is 0 Å². The van der Waals surface area contributed by atoms with Gasteiger partial charge in [0.1, 0.15) is 0 Å². The maximum atomic E-state index is 12.6. The molecule has 6 heteroatoms. The van der Waals surface area contributed by atoms with Crippen LogP contribution in [0.25, 0.3) is 16.5 Å². The third kappa shape index (κ3) is 3.96. The van der Waals surface area contributed by atoms with E-state index in [1.165, 1.54) is 15.7 Å². The van der Waals surface area contributed by atoms with Gasteiger partial charge in [0.05, 0.1) is 10.9 Å². The number of nitrogens with one attached hydrogen (secondary N) is 1. The van der Waals surface area contributed by atoms with E-state index in [2.05, 4.69) is 28.1 Å². The van der Waals surface area contributed by atoms with E-state index in [0.29, 0.717) is 17.4 Å². The zero-order chi connectivity index (χ0) is 19.5. The number of para-hydroxylation sites is 1. The summed E-state index contributed by atoms with van der Waals surface area (Å²) >= 11 is 5.96. The van der Waals surface area contributed by atoms with Crippen molar-refractivity contribution in [3.05, 3.63) is 86.0 Å². The average Bonchev–Trinajstić information content (AvgIpc) is 2.71. The number of nitrogens with zero attached hydrogens (tertiary/aromatic N) is 2. The van der Waals surface area contributed by atoms with E-state index in [-0.39, 0.29) is 11.2 Å². The molecule has 0 radical (unpaired) electrons. The van der Waals surface area contributed by atoms with Crippen LogP contribution in [-0.2, 0) is 6.54 Å². The molecule has 2 heterocycles. The summed E-state index contributed by atoms with van der Waals surface area (Å²) in [5, 5.41) is 1.30. The molecular weight excluding hydrogens is 374 g/mol. The van der Waals surface area contributed by atoms with Crippen molar-refractivity contribution in [2.75, 3.05) is 19.6 Å². The van der Waals surface area contributed by atoms with Crippen LogP contribution in [0.2, 0.25) is 5.02 Å². The predicted octanol–water partition coefficient (Wildman–Crippen LogP) is 3.52. The highest BCUT2D eigenvalue weighted by molar-refractivity contribution is 6.30. The quantitative estimate of drug-likeness (QED) is 0.719. The van der Waals surface area contributed by atoms with Crippen molar-refractivity contribution in [1.29, 1.82) is 0 Å². The van der Waals surface area contributed by atoms with Crippen LogP contribution in [0, 0.1) is 0 Å². The molecule has 4 rings (SSSR count). The van der Waals surface area contributed by atoms with E-state index in [1.54, 1.807) is 12.1 Å². The normalized spacial score (nSPS) is 15.0. The van der Waals surface area contributed by atoms with Crippen LogP contribution < -0.4 is 11.2 Å². The zero-order valence-electron chi connectivity index (χ0n) is 15.5. The Balaban J connectivity index is 1.38. The molecule has 1 N–H and O–H groups in total. The summed E-state index contributed by atoms with van der Waals surface area (Å²) in [7, 11) is 0. The van der Waals surface area contributed by atoms with Crippen molar-refractivity contribution in [2.24, 2.45) is 0 Å². The first-order chi connectivity index (χ1) is 13.6. The molecule has 0 saturated carbocycles. The summed E-state index contributed by atoms with van der Waals surface area (Å²) in [4.78, 5) is 29.9. The van der Waals surface area contributed by atoms with Crippen molar-refractivity contribution in [1.82, 2.24) is 14.5 Å². The number of hydrogen-bond acceptors (Lipinski definition) is 3. The van der Waals surface area contributed by atoms with Crippen molar-refractivity contribution >= 4 is 28.1 Å². The minimum Gasteiger partial charge on any atom is -0.307 e. The van der Waals surface area contributed by atoms with Crippen LogP contribution in [0.15, 0.2) is 64.2 Å². The number of aromatic nitrogens is 2. The molecule has 0 aliphatic carbocycles. The van der Waals surface area contributed by atoms with Gasteiger partial charge in [-0.15, -0.1) is 0 Å². The summed E-state index contributed by atoms with van der Waals surface area (Å²) in [6, 6.07) is 15.1. The zero-order valence-corrected chi connectivity index (χ0v) is 16.3. The van der Waals surface area contributed by atoms with Gasteiger partial charge in [-0.1, -0.05) is 41.9 Å². The number of aromatic amines is 1. The number of rotatable bonds is 5. The van der Waals surface area contributed by atoms with Crippen LogP contribution in [-0.4, -0.2) is 34.1 Å². The minimum atomic E-state index is -0.340. The van der Waals surface area contributed by atoms with Crippen molar-refractivity contribution in [3.63, 3.8) is 0 Å². The Bertz CT molecular complexity index is 1130. The highest BCUT2D eigenvalue weighted by Gasteiger charge is 2.13. The van der Waals surface area contributed by atoms with Gasteiger partial charge in [0, 0.05) is 31.2 Å². The van der Waals surface area contributed by atoms with E-state index < -0.39 is 0 Å². The lowest BCUT2D eigenvalue weighted by Gasteiger charge is -2.26. The van der Waals surface area contributed by atoms with Crippen LogP contribution >= 0.6 is 11.6 Å². The fourth-order valence-electron chi connectivity index (χ4n) is 3.69. The van der Waals surface area contributed by atoms with E-state index in [0.717, 1.165) is 37.5 Å². The first-order valence-electron chi connectivity index (χ1n) is 9.51. The molecule has 3 aromatic rings. The predicted molar refractivity (Wildman–Crippen MR) is 114 cm³/mol. The molecule has 28 heavy (non-hydrogen) atoms. The number of fused-ring (bicyclic) bond motifs is 1. The molecule has 2 aromatic carbocycles. The first-order valence-corrected chi connectivity index (χ1v) is 9.89. The van der Waals surface area contributed by atoms with Gasteiger partial charge < -0.3 is 4.98 Å². The first kappa shape index (κ1) is 18.7. The van der Waals surface area contributed by atoms with Crippen LogP contribution in [0.5, 0.6) is 0 Å². The molecule has 0 spiro atoms. The average molecular weight is 396 g/mol. The molecule has 1 aliphatic rings. The number of halogens is 1. The molecule has 0 bridgehead atoms. The number of hydrogen-bond donors (Lipinski definition) is 1. The second-order valence-corrected chi connectivity index (χ2v) is 7.51. The Morgan fingerprint density at radius 2 is 1.79 bits per heavy atom. The molecule has 1 aromatic heterocycles. The van der Waals surface area contributed by atoms with Gasteiger partial charge in [-0.3, -0.25) is 14.3 Å². The summed E-state index contributed by atoms with van der Waals surface area (Å²) in [5.41, 5.74) is 2.59. The minimum absolute atomic E-state index is 0.220. The largest absolute Gasteiger partial charge is 0.328 e. The lowest BCUT2D eigenvalue weighted by molar-refractivity contribution is 0.290. The van der Waals surface area contributed by atoms with Crippen LogP contribution in [0.3, 0.4) is 0 Å². The summed E-state index contributed by atoms with van der Waals surface area (Å²) in [6.45, 7) is 3.12. The molecule has 0 unspecified atom stereocenters. The fourth-order valence-corrected chi connectivity index (χ4v) is 3.82. The summed E-state index contributed by atoms with van der Waals surface area (Å²) in [5.74, 6) is 0. The lowest BCUT2D eigenvalue weighted by Crippen LogP contribution is -2.36. The second kappa shape index (κ2) is 8.17. The third-order valence-electron chi connectivity index (χ3n) is 5.25. The summed E-state index contributed by atoms with van der Waals surface area (Å²) < 4.78 is 1.31. The molecule has 144 valence electrons. The van der Waals surface area contributed by atoms with Crippen LogP contribution in [0.1, 0.15) is 18.4 Å². The maximum Gasteiger partial charge on any atom is 0.328 e. The van der Waals surface area contributed by atoms with Gasteiger partial charge in [-0.2, -0.15) is 0 Å². The number of H-pyrrole nitrogens is 1. The van der Waals surface area contributed by atoms with Crippen molar-refractivity contribution in [3.8, 4) is 0 Å². The Labute approximate surface area is 167 Å². The molecule has 1 aliphatic heterocycles. The molecular formula is C22H22ClN3O2. The molecule has 5 nitrogen and oxygen atoms in total. The van der Waals surface area contributed by atoms with Gasteiger partial charge in [-0.05, 0) is 48.2 Å². The van der Waals surface area contributed by atoms with E-state index in [9.17, 15) is 9.59 Å². The molecule has 0 amide bonds. The van der Waals surface area contributed by atoms with Gasteiger partial charge in [0.15, 0.2) is 0 Å². The Kier molecular flexibility index (Phi) is 5.46. The maximum absolute atomic E-state index is 12.6. The molecule has 0 fully saturated rings. The standard InChI is InChI=1S/C22H22ClN3O2/c23-18-8-6-16(7-9-18)17-10-14-25(15-11-17)12-3-13-26-21(27)19-4-1-2-5-20(19)24-22(26)28/h1-2,4-10H,3,11-15H2,(H,24,28). The smallest absolute Gasteiger partial charge is 0.307 e. The molecule has 0 saturated heterocycles. The topological polar surface area (TPSA) is 58.1 Å². The van der Waals surface area contributed by atoms with Crippen molar-refractivity contribution in [2.45, 2.75) is 19.4 Å². The van der Waals surface area contributed by atoms with Crippen molar-refractivity contribution < 1.29 is 0 Å². The lowest BCUT2D eigenvalue weighted by atomic mass is 9.99. The molecule has 0 atom stereocenters. The van der Waals surface area contributed by atoms with E-state index in [4.69, 9.17) is 11.6 Å². The Morgan fingerprint density at radius 1 is 1.00 bits per heavy atom. The van der Waals surface area contributed by atoms with Gasteiger partial charge in [-0.25, -0.2) is 4.79 Å². The van der Waals surface area contributed by atoms with Gasteiger partial charge in [0.25, 0.3) is 5.56 Å². The third-order valence-corrected chi connectivity index (χ3v) is 5.51.